The molecule has 1 saturated carbocycles. The van der Waals surface area contributed by atoms with Crippen LogP contribution in [0.2, 0.25) is 5.02 Å². The van der Waals surface area contributed by atoms with Crippen LogP contribution in [-0.4, -0.2) is 7.05 Å². The molecule has 0 saturated heterocycles. The number of hydrogen-bond acceptors (Lipinski definition) is 2. The predicted octanol–water partition coefficient (Wildman–Crippen LogP) is 4.96. The zero-order valence-corrected chi connectivity index (χ0v) is 13.3. The third-order valence-electron chi connectivity index (χ3n) is 4.49. The highest BCUT2D eigenvalue weighted by Crippen LogP contribution is 2.40. The molecule has 2 rings (SSSR count). The third-order valence-corrected chi connectivity index (χ3v) is 4.82. The van der Waals surface area contributed by atoms with Gasteiger partial charge in [0.15, 0.2) is 0 Å². The Bertz CT molecular complexity index is 476. The van der Waals surface area contributed by atoms with Crippen LogP contribution in [0, 0.1) is 5.41 Å². The van der Waals surface area contributed by atoms with Crippen LogP contribution >= 0.6 is 11.6 Å². The second-order valence-electron chi connectivity index (χ2n) is 6.02. The summed E-state index contributed by atoms with van der Waals surface area (Å²) >= 11 is 6.10. The molecule has 3 heteroatoms. The number of rotatable bonds is 5. The minimum Gasteiger partial charge on any atom is -0.387 e. The molecule has 1 aromatic rings. The number of benzene rings is 1. The molecule has 1 aromatic carbocycles. The van der Waals surface area contributed by atoms with Gasteiger partial charge in [-0.05, 0) is 30.5 Å². The van der Waals surface area contributed by atoms with Crippen molar-refractivity contribution in [3.63, 3.8) is 0 Å². The molecule has 0 aliphatic heterocycles. The number of nitrogens with one attached hydrogen (secondary N) is 2. The quantitative estimate of drug-likeness (QED) is 0.802. The fourth-order valence-corrected chi connectivity index (χ4v) is 3.14. The molecule has 0 amide bonds. The molecular weight excluding hydrogens is 268 g/mol. The van der Waals surface area contributed by atoms with Gasteiger partial charge in [-0.3, -0.25) is 0 Å². The summed E-state index contributed by atoms with van der Waals surface area (Å²) in [5, 5.41) is 7.39. The van der Waals surface area contributed by atoms with Gasteiger partial charge >= 0.3 is 0 Å². The summed E-state index contributed by atoms with van der Waals surface area (Å²) in [6.07, 6.45) is 6.51. The molecule has 20 heavy (non-hydrogen) atoms. The minimum absolute atomic E-state index is 0.260. The van der Waals surface area contributed by atoms with E-state index in [9.17, 15) is 0 Å². The van der Waals surface area contributed by atoms with E-state index >= 15 is 0 Å². The van der Waals surface area contributed by atoms with E-state index in [0.29, 0.717) is 0 Å². The Morgan fingerprint density at radius 2 is 2.00 bits per heavy atom. The molecule has 1 aliphatic carbocycles. The first-order valence-corrected chi connectivity index (χ1v) is 7.82. The summed E-state index contributed by atoms with van der Waals surface area (Å²) in [5.74, 6) is 0. The van der Waals surface area contributed by atoms with E-state index < -0.39 is 0 Å². The smallest absolute Gasteiger partial charge is 0.0637 e. The lowest BCUT2D eigenvalue weighted by atomic mass is 9.73. The molecule has 2 nitrogen and oxygen atoms in total. The highest BCUT2D eigenvalue weighted by molar-refractivity contribution is 6.33. The second kappa shape index (κ2) is 6.53. The fourth-order valence-electron chi connectivity index (χ4n) is 2.93. The summed E-state index contributed by atoms with van der Waals surface area (Å²) in [6, 6.07) is 6.09. The van der Waals surface area contributed by atoms with Crippen LogP contribution in [-0.2, 0) is 6.54 Å². The Kier molecular flexibility index (Phi) is 4.98. The molecule has 1 fully saturated rings. The van der Waals surface area contributed by atoms with Gasteiger partial charge in [0.1, 0.15) is 0 Å². The molecule has 1 aliphatic rings. The zero-order valence-electron chi connectivity index (χ0n) is 12.6. The lowest BCUT2D eigenvalue weighted by Crippen LogP contribution is -2.30. The Balaban J connectivity index is 1.96. The summed E-state index contributed by atoms with van der Waals surface area (Å²) in [5.41, 5.74) is 3.63. The molecule has 110 valence electrons. The minimum atomic E-state index is 0.260. The van der Waals surface area contributed by atoms with Crippen molar-refractivity contribution in [1.29, 1.82) is 0 Å². The van der Waals surface area contributed by atoms with Crippen molar-refractivity contribution in [2.45, 2.75) is 45.6 Å². The van der Waals surface area contributed by atoms with Gasteiger partial charge in [-0.2, -0.15) is 0 Å². The van der Waals surface area contributed by atoms with Crippen molar-refractivity contribution < 1.29 is 0 Å². The predicted molar refractivity (Wildman–Crippen MR) is 88.2 cm³/mol. The van der Waals surface area contributed by atoms with Gasteiger partial charge in [0.25, 0.3) is 0 Å². The Hall–Kier alpha value is -1.15. The molecule has 2 N–H and O–H groups in total. The van der Waals surface area contributed by atoms with Gasteiger partial charge in [-0.1, -0.05) is 50.4 Å². The average Bonchev–Trinajstić information content (AvgIpc) is 2.46. The first-order chi connectivity index (χ1) is 9.55. The fraction of sp³-hybridized carbons (Fsp3) is 0.529. The highest BCUT2D eigenvalue weighted by atomic mass is 35.5. The first kappa shape index (κ1) is 15.2. The maximum absolute atomic E-state index is 6.10. The van der Waals surface area contributed by atoms with Crippen LogP contribution in [0.4, 0.5) is 5.69 Å². The molecule has 0 spiro atoms. The van der Waals surface area contributed by atoms with Gasteiger partial charge < -0.3 is 10.6 Å². The third kappa shape index (κ3) is 3.49. The van der Waals surface area contributed by atoms with Crippen molar-refractivity contribution in [2.75, 3.05) is 12.4 Å². The zero-order chi connectivity index (χ0) is 14.6. The van der Waals surface area contributed by atoms with E-state index in [4.69, 9.17) is 11.6 Å². The Morgan fingerprint density at radius 3 is 2.65 bits per heavy atom. The van der Waals surface area contributed by atoms with Crippen molar-refractivity contribution in [1.82, 2.24) is 5.32 Å². The van der Waals surface area contributed by atoms with E-state index in [0.717, 1.165) is 17.3 Å². The number of allylic oxidation sites excluding steroid dienone is 1. The molecule has 0 aromatic heterocycles. The highest BCUT2D eigenvalue weighted by Gasteiger charge is 2.29. The molecule has 0 bridgehead atoms. The van der Waals surface area contributed by atoms with Gasteiger partial charge in [0.05, 0.1) is 10.7 Å². The standard InChI is InChI=1S/C17H25ClN2/c1-13(17(2)9-5-4-6-10-17)20-12-14-7-8-15(18)16(11-14)19-3/h7-8,11,19-20H,1,4-6,9-10,12H2,2-3H3. The topological polar surface area (TPSA) is 24.1 Å². The summed E-state index contributed by atoms with van der Waals surface area (Å²) in [7, 11) is 1.89. The maximum atomic E-state index is 6.10. The van der Waals surface area contributed by atoms with Crippen LogP contribution in [0.1, 0.15) is 44.6 Å². The summed E-state index contributed by atoms with van der Waals surface area (Å²) in [4.78, 5) is 0. The van der Waals surface area contributed by atoms with Crippen LogP contribution in [0.5, 0.6) is 0 Å². The normalized spacial score (nSPS) is 17.6. The van der Waals surface area contributed by atoms with E-state index in [1.807, 2.05) is 13.1 Å². The van der Waals surface area contributed by atoms with Gasteiger partial charge in [0.2, 0.25) is 0 Å². The first-order valence-electron chi connectivity index (χ1n) is 7.44. The number of anilines is 1. The maximum Gasteiger partial charge on any atom is 0.0637 e. The van der Waals surface area contributed by atoms with E-state index in [1.165, 1.54) is 43.4 Å². The number of halogens is 1. The van der Waals surface area contributed by atoms with Crippen molar-refractivity contribution in [2.24, 2.45) is 5.41 Å². The second-order valence-corrected chi connectivity index (χ2v) is 6.42. The summed E-state index contributed by atoms with van der Waals surface area (Å²) < 4.78 is 0. The van der Waals surface area contributed by atoms with Crippen molar-refractivity contribution >= 4 is 17.3 Å². The van der Waals surface area contributed by atoms with Crippen LogP contribution < -0.4 is 10.6 Å². The lowest BCUT2D eigenvalue weighted by Gasteiger charge is -2.36. The van der Waals surface area contributed by atoms with Crippen LogP contribution in [0.3, 0.4) is 0 Å². The number of hydrogen-bond donors (Lipinski definition) is 2. The monoisotopic (exact) mass is 292 g/mol. The van der Waals surface area contributed by atoms with Gasteiger partial charge in [0, 0.05) is 24.7 Å². The van der Waals surface area contributed by atoms with Gasteiger partial charge in [-0.15, -0.1) is 0 Å². The van der Waals surface area contributed by atoms with E-state index in [2.05, 4.69) is 36.3 Å². The van der Waals surface area contributed by atoms with Crippen LogP contribution in [0.25, 0.3) is 0 Å². The Labute approximate surface area is 127 Å². The lowest BCUT2D eigenvalue weighted by molar-refractivity contribution is 0.253. The molecule has 0 unspecified atom stereocenters. The summed E-state index contributed by atoms with van der Waals surface area (Å²) in [6.45, 7) is 7.41. The van der Waals surface area contributed by atoms with E-state index in [1.54, 1.807) is 0 Å². The molecule has 0 atom stereocenters. The SMILES string of the molecule is C=C(NCc1ccc(Cl)c(NC)c1)C1(C)CCCCC1. The van der Waals surface area contributed by atoms with Gasteiger partial charge in [-0.25, -0.2) is 0 Å². The van der Waals surface area contributed by atoms with Crippen LogP contribution in [0.15, 0.2) is 30.5 Å². The molecular formula is C17H25ClN2. The van der Waals surface area contributed by atoms with Crippen molar-refractivity contribution in [3.8, 4) is 0 Å². The average molecular weight is 293 g/mol. The largest absolute Gasteiger partial charge is 0.387 e. The van der Waals surface area contributed by atoms with E-state index in [-0.39, 0.29) is 5.41 Å². The molecule has 0 heterocycles. The molecule has 0 radical (unpaired) electrons. The van der Waals surface area contributed by atoms with Crippen molar-refractivity contribution in [3.05, 3.63) is 41.1 Å². The Morgan fingerprint density at radius 1 is 1.30 bits per heavy atom.